The van der Waals surface area contributed by atoms with E-state index < -0.39 is 0 Å². The maximum atomic E-state index is 12.7. The van der Waals surface area contributed by atoms with Gasteiger partial charge >= 0.3 is 6.03 Å². The van der Waals surface area contributed by atoms with Crippen molar-refractivity contribution in [3.63, 3.8) is 0 Å². The van der Waals surface area contributed by atoms with Gasteiger partial charge in [-0.1, -0.05) is 12.1 Å². The molecule has 2 saturated heterocycles. The number of carbonyl (C=O) groups is 1. The van der Waals surface area contributed by atoms with Gasteiger partial charge in [0.15, 0.2) is 0 Å². The number of rotatable bonds is 3. The third kappa shape index (κ3) is 3.51. The van der Waals surface area contributed by atoms with Crippen molar-refractivity contribution in [2.75, 3.05) is 39.1 Å². The number of nitrogens with zero attached hydrogens (tertiary/aromatic N) is 2. The number of carbonyl (C=O) groups excluding carboxylic acids is 1. The molecule has 2 amide bonds. The monoisotopic (exact) mass is 317 g/mol. The van der Waals surface area contributed by atoms with Crippen LogP contribution in [0, 0.1) is 5.92 Å². The number of methoxy groups -OCH3 is 1. The summed E-state index contributed by atoms with van der Waals surface area (Å²) in [5, 5.41) is 3.07. The fraction of sp³-hybridized carbons (Fsp3) is 0.611. The molecule has 2 aliphatic rings. The molecule has 0 aliphatic carbocycles. The van der Waals surface area contributed by atoms with E-state index in [4.69, 9.17) is 4.74 Å². The number of fused-ring (bicyclic) bond motifs is 1. The molecule has 2 heterocycles. The Morgan fingerprint density at radius 1 is 1.35 bits per heavy atom. The van der Waals surface area contributed by atoms with Gasteiger partial charge in [-0.2, -0.15) is 0 Å². The van der Waals surface area contributed by atoms with E-state index in [1.165, 1.54) is 0 Å². The fourth-order valence-electron chi connectivity index (χ4n) is 3.82. The summed E-state index contributed by atoms with van der Waals surface area (Å²) in [7, 11) is 3.86. The van der Waals surface area contributed by atoms with Gasteiger partial charge in [0.2, 0.25) is 0 Å². The summed E-state index contributed by atoms with van der Waals surface area (Å²) in [4.78, 5) is 17.1. The van der Waals surface area contributed by atoms with Crippen molar-refractivity contribution < 1.29 is 9.53 Å². The first kappa shape index (κ1) is 16.3. The average Bonchev–Trinajstić information content (AvgIpc) is 2.97. The van der Waals surface area contributed by atoms with Crippen molar-refractivity contribution in [1.29, 1.82) is 0 Å². The Bertz CT molecular complexity index is 563. The third-order valence-electron chi connectivity index (χ3n) is 5.26. The van der Waals surface area contributed by atoms with Gasteiger partial charge in [0.05, 0.1) is 6.10 Å². The summed E-state index contributed by atoms with van der Waals surface area (Å²) < 4.78 is 5.35. The zero-order valence-corrected chi connectivity index (χ0v) is 14.3. The van der Waals surface area contributed by atoms with Crippen LogP contribution in [0.5, 0.6) is 0 Å². The van der Waals surface area contributed by atoms with E-state index in [0.29, 0.717) is 12.0 Å². The van der Waals surface area contributed by atoms with Crippen molar-refractivity contribution in [2.45, 2.75) is 31.9 Å². The molecule has 0 unspecified atom stereocenters. The van der Waals surface area contributed by atoms with E-state index in [0.717, 1.165) is 43.7 Å². The highest BCUT2D eigenvalue weighted by Crippen LogP contribution is 2.31. The summed E-state index contributed by atoms with van der Waals surface area (Å²) >= 11 is 0. The summed E-state index contributed by atoms with van der Waals surface area (Å²) in [6.45, 7) is 5.05. The quantitative estimate of drug-likeness (QED) is 0.932. The molecule has 1 N–H and O–H groups in total. The van der Waals surface area contributed by atoms with Crippen LogP contribution >= 0.6 is 0 Å². The van der Waals surface area contributed by atoms with E-state index >= 15 is 0 Å². The molecule has 23 heavy (non-hydrogen) atoms. The Labute approximate surface area is 138 Å². The first-order valence-corrected chi connectivity index (χ1v) is 8.47. The lowest BCUT2D eigenvalue weighted by Gasteiger charge is -2.36. The SMILES string of the molecule is CO[C@H](C)c1cccc(NC(=O)N2CC[C@H]3CN(C)CC[C@@H]32)c1. The molecule has 1 aromatic rings. The molecule has 1 aromatic carbocycles. The highest BCUT2D eigenvalue weighted by atomic mass is 16.5. The van der Waals surface area contributed by atoms with Crippen LogP contribution in [0.2, 0.25) is 0 Å². The molecule has 3 rings (SSSR count). The smallest absolute Gasteiger partial charge is 0.322 e. The first-order valence-electron chi connectivity index (χ1n) is 8.47. The van der Waals surface area contributed by atoms with E-state index in [9.17, 15) is 4.79 Å². The molecular formula is C18H27N3O2. The molecule has 0 saturated carbocycles. The molecule has 126 valence electrons. The fourth-order valence-corrected chi connectivity index (χ4v) is 3.82. The number of ether oxygens (including phenoxy) is 1. The molecule has 0 bridgehead atoms. The maximum absolute atomic E-state index is 12.7. The van der Waals surface area contributed by atoms with Gasteiger partial charge in [-0.05, 0) is 57.0 Å². The molecule has 0 spiro atoms. The number of nitrogens with one attached hydrogen (secondary N) is 1. The second-order valence-corrected chi connectivity index (χ2v) is 6.79. The van der Waals surface area contributed by atoms with E-state index in [-0.39, 0.29) is 12.1 Å². The van der Waals surface area contributed by atoms with Gasteiger partial charge in [0.1, 0.15) is 0 Å². The minimum atomic E-state index is 0.0249. The summed E-state index contributed by atoms with van der Waals surface area (Å²) in [6, 6.07) is 8.34. The zero-order chi connectivity index (χ0) is 16.4. The Hall–Kier alpha value is -1.59. The second kappa shape index (κ2) is 6.89. The van der Waals surface area contributed by atoms with Crippen molar-refractivity contribution in [3.05, 3.63) is 29.8 Å². The summed E-state index contributed by atoms with van der Waals surface area (Å²) in [5.41, 5.74) is 1.91. The molecule has 5 heteroatoms. The van der Waals surface area contributed by atoms with Gasteiger partial charge in [0.25, 0.3) is 0 Å². The van der Waals surface area contributed by atoms with Crippen LogP contribution in [0.15, 0.2) is 24.3 Å². The van der Waals surface area contributed by atoms with Crippen LogP contribution in [0.3, 0.4) is 0 Å². The lowest BCUT2D eigenvalue weighted by molar-refractivity contribution is 0.119. The van der Waals surface area contributed by atoms with Gasteiger partial charge in [-0.15, -0.1) is 0 Å². The molecule has 0 radical (unpaired) electrons. The first-order chi connectivity index (χ1) is 11.1. The maximum Gasteiger partial charge on any atom is 0.322 e. The average molecular weight is 317 g/mol. The largest absolute Gasteiger partial charge is 0.377 e. The highest BCUT2D eigenvalue weighted by Gasteiger charge is 2.39. The molecule has 3 atom stereocenters. The van der Waals surface area contributed by atoms with E-state index in [1.54, 1.807) is 7.11 Å². The topological polar surface area (TPSA) is 44.8 Å². The lowest BCUT2D eigenvalue weighted by Crippen LogP contribution is -2.47. The van der Waals surface area contributed by atoms with Crippen molar-refractivity contribution in [3.8, 4) is 0 Å². The molecule has 2 fully saturated rings. The van der Waals surface area contributed by atoms with Crippen molar-refractivity contribution in [1.82, 2.24) is 9.80 Å². The summed E-state index contributed by atoms with van der Waals surface area (Å²) in [5.74, 6) is 0.624. The number of urea groups is 1. The van der Waals surface area contributed by atoms with Crippen molar-refractivity contribution in [2.24, 2.45) is 5.92 Å². The minimum Gasteiger partial charge on any atom is -0.377 e. The van der Waals surface area contributed by atoms with Gasteiger partial charge < -0.3 is 19.9 Å². The zero-order valence-electron chi connectivity index (χ0n) is 14.3. The van der Waals surface area contributed by atoms with E-state index in [1.807, 2.05) is 36.1 Å². The number of hydrogen-bond acceptors (Lipinski definition) is 3. The van der Waals surface area contributed by atoms with E-state index in [2.05, 4.69) is 17.3 Å². The third-order valence-corrected chi connectivity index (χ3v) is 5.26. The second-order valence-electron chi connectivity index (χ2n) is 6.79. The predicted octanol–water partition coefficient (Wildman–Crippen LogP) is 2.95. The number of piperidine rings is 1. The van der Waals surface area contributed by atoms with Crippen LogP contribution in [0.4, 0.5) is 10.5 Å². The van der Waals surface area contributed by atoms with Crippen LogP contribution < -0.4 is 5.32 Å². The summed E-state index contributed by atoms with van der Waals surface area (Å²) in [6.07, 6.45) is 2.22. The number of likely N-dealkylation sites (tertiary alicyclic amines) is 2. The number of hydrogen-bond donors (Lipinski definition) is 1. The van der Waals surface area contributed by atoms with Crippen LogP contribution in [-0.4, -0.2) is 55.7 Å². The Kier molecular flexibility index (Phi) is 4.87. The normalized spacial score (nSPS) is 26.0. The Morgan fingerprint density at radius 3 is 2.96 bits per heavy atom. The number of benzene rings is 1. The van der Waals surface area contributed by atoms with Crippen LogP contribution in [0.1, 0.15) is 31.4 Å². The Balaban J connectivity index is 1.65. The van der Waals surface area contributed by atoms with Gasteiger partial charge in [0, 0.05) is 31.9 Å². The van der Waals surface area contributed by atoms with Gasteiger partial charge in [-0.3, -0.25) is 0 Å². The molecule has 2 aliphatic heterocycles. The van der Waals surface area contributed by atoms with Gasteiger partial charge in [-0.25, -0.2) is 4.79 Å². The lowest BCUT2D eigenvalue weighted by atomic mass is 9.93. The molecular weight excluding hydrogens is 290 g/mol. The highest BCUT2D eigenvalue weighted by molar-refractivity contribution is 5.89. The number of anilines is 1. The molecule has 5 nitrogen and oxygen atoms in total. The van der Waals surface area contributed by atoms with Crippen molar-refractivity contribution >= 4 is 11.7 Å². The van der Waals surface area contributed by atoms with Crippen LogP contribution in [0.25, 0.3) is 0 Å². The minimum absolute atomic E-state index is 0.0249. The predicted molar refractivity (Wildman–Crippen MR) is 91.6 cm³/mol. The standard InChI is InChI=1S/C18H27N3O2/c1-13(23-3)14-5-4-6-16(11-14)19-18(22)21-10-7-15-12-20(2)9-8-17(15)21/h4-6,11,13,15,17H,7-10,12H2,1-3H3,(H,19,22)/t13-,15+,17+/m1/s1. The number of amides is 2. The van der Waals surface area contributed by atoms with Crippen LogP contribution in [-0.2, 0) is 4.74 Å². The Morgan fingerprint density at radius 2 is 2.17 bits per heavy atom. The molecule has 0 aromatic heterocycles.